The number of sulfonamides is 1. The average molecular weight is 386 g/mol. The molecule has 3 rings (SSSR count). The van der Waals surface area contributed by atoms with E-state index in [1.54, 1.807) is 24.4 Å². The molecule has 0 radical (unpaired) electrons. The van der Waals surface area contributed by atoms with Gasteiger partial charge < -0.3 is 10.2 Å². The molecule has 8 nitrogen and oxygen atoms in total. The second-order valence-electron chi connectivity index (χ2n) is 6.24. The van der Waals surface area contributed by atoms with Gasteiger partial charge in [-0.05, 0) is 19.1 Å². The molecule has 142 valence electrons. The second kappa shape index (κ2) is 7.85. The molecule has 0 aliphatic heterocycles. The fourth-order valence-corrected chi connectivity index (χ4v) is 3.80. The standard InChI is InChI=1S/C18H22N6O2S/c1-13-12-16(24(2)3)23-18(22-13)20-10-11-21-27(25,26)15-8-4-6-14-7-5-9-19-17(14)15/h4-9,12,21H,10-11H2,1-3H3,(H,20,22,23). The molecule has 0 spiro atoms. The zero-order chi connectivity index (χ0) is 19.4. The number of benzene rings is 1. The van der Waals surface area contributed by atoms with Gasteiger partial charge in [-0.2, -0.15) is 4.98 Å². The topological polar surface area (TPSA) is 100 Å². The predicted molar refractivity (Wildman–Crippen MR) is 107 cm³/mol. The predicted octanol–water partition coefficient (Wildman–Crippen LogP) is 1.79. The van der Waals surface area contributed by atoms with Gasteiger partial charge in [-0.15, -0.1) is 0 Å². The van der Waals surface area contributed by atoms with E-state index in [2.05, 4.69) is 25.0 Å². The van der Waals surface area contributed by atoms with Gasteiger partial charge >= 0.3 is 0 Å². The first-order chi connectivity index (χ1) is 12.9. The highest BCUT2D eigenvalue weighted by atomic mass is 32.2. The fourth-order valence-electron chi connectivity index (χ4n) is 2.59. The van der Waals surface area contributed by atoms with Gasteiger partial charge in [0.2, 0.25) is 16.0 Å². The number of aryl methyl sites for hydroxylation is 1. The third-order valence-electron chi connectivity index (χ3n) is 3.88. The normalized spacial score (nSPS) is 11.5. The van der Waals surface area contributed by atoms with Crippen molar-refractivity contribution >= 4 is 32.7 Å². The van der Waals surface area contributed by atoms with E-state index in [0.717, 1.165) is 16.9 Å². The Morgan fingerprint density at radius 2 is 1.85 bits per heavy atom. The zero-order valence-electron chi connectivity index (χ0n) is 15.5. The molecule has 3 aromatic rings. The summed E-state index contributed by atoms with van der Waals surface area (Å²) in [4.78, 5) is 14.9. The van der Waals surface area contributed by atoms with Gasteiger partial charge in [-0.25, -0.2) is 18.1 Å². The van der Waals surface area contributed by atoms with Crippen LogP contribution in [0.2, 0.25) is 0 Å². The summed E-state index contributed by atoms with van der Waals surface area (Å²) in [5.74, 6) is 1.25. The maximum absolute atomic E-state index is 12.6. The van der Waals surface area contributed by atoms with E-state index < -0.39 is 10.0 Å². The number of aromatic nitrogens is 3. The first kappa shape index (κ1) is 19.0. The lowest BCUT2D eigenvalue weighted by atomic mass is 10.2. The van der Waals surface area contributed by atoms with Gasteiger partial charge in [0.05, 0.1) is 5.52 Å². The molecule has 0 unspecified atom stereocenters. The number of para-hydroxylation sites is 1. The van der Waals surface area contributed by atoms with Crippen LogP contribution < -0.4 is 14.9 Å². The smallest absolute Gasteiger partial charge is 0.242 e. The van der Waals surface area contributed by atoms with E-state index in [1.807, 2.05) is 44.1 Å². The monoisotopic (exact) mass is 386 g/mol. The van der Waals surface area contributed by atoms with Crippen molar-refractivity contribution in [3.63, 3.8) is 0 Å². The van der Waals surface area contributed by atoms with Crippen LogP contribution >= 0.6 is 0 Å². The number of hydrogen-bond donors (Lipinski definition) is 2. The van der Waals surface area contributed by atoms with Crippen LogP contribution in [0.4, 0.5) is 11.8 Å². The van der Waals surface area contributed by atoms with E-state index in [4.69, 9.17) is 0 Å². The zero-order valence-corrected chi connectivity index (χ0v) is 16.3. The number of rotatable bonds is 7. The van der Waals surface area contributed by atoms with Crippen molar-refractivity contribution in [3.05, 3.63) is 48.3 Å². The van der Waals surface area contributed by atoms with Crippen molar-refractivity contribution in [3.8, 4) is 0 Å². The Labute approximate surface area is 158 Å². The molecule has 0 atom stereocenters. The van der Waals surface area contributed by atoms with Crippen LogP contribution in [0.25, 0.3) is 10.9 Å². The lowest BCUT2D eigenvalue weighted by Gasteiger charge is -2.14. The molecule has 9 heteroatoms. The number of nitrogens with zero attached hydrogens (tertiary/aromatic N) is 4. The minimum absolute atomic E-state index is 0.169. The van der Waals surface area contributed by atoms with Gasteiger partial charge in [-0.3, -0.25) is 4.98 Å². The Hall–Kier alpha value is -2.78. The van der Waals surface area contributed by atoms with Gasteiger partial charge in [0, 0.05) is 50.5 Å². The van der Waals surface area contributed by atoms with Crippen LogP contribution in [-0.2, 0) is 10.0 Å². The number of anilines is 2. The van der Waals surface area contributed by atoms with Gasteiger partial charge in [0.15, 0.2) is 0 Å². The van der Waals surface area contributed by atoms with Gasteiger partial charge in [0.25, 0.3) is 0 Å². The molecule has 0 aliphatic rings. The molecule has 0 saturated carbocycles. The molecule has 2 heterocycles. The molecule has 1 aromatic carbocycles. The molecule has 0 fully saturated rings. The highest BCUT2D eigenvalue weighted by Crippen LogP contribution is 2.20. The number of nitrogens with one attached hydrogen (secondary N) is 2. The van der Waals surface area contributed by atoms with E-state index in [-0.39, 0.29) is 11.4 Å². The van der Waals surface area contributed by atoms with Gasteiger partial charge in [0.1, 0.15) is 10.7 Å². The van der Waals surface area contributed by atoms with Crippen molar-refractivity contribution in [2.45, 2.75) is 11.8 Å². The van der Waals surface area contributed by atoms with E-state index in [0.29, 0.717) is 18.0 Å². The van der Waals surface area contributed by atoms with Crippen molar-refractivity contribution in [2.24, 2.45) is 0 Å². The van der Waals surface area contributed by atoms with Crippen molar-refractivity contribution in [1.29, 1.82) is 0 Å². The third kappa shape index (κ3) is 4.50. The van der Waals surface area contributed by atoms with Crippen LogP contribution in [0, 0.1) is 6.92 Å². The first-order valence-corrected chi connectivity index (χ1v) is 9.95. The van der Waals surface area contributed by atoms with E-state index >= 15 is 0 Å². The second-order valence-corrected chi connectivity index (χ2v) is 7.98. The Morgan fingerprint density at radius 1 is 1.07 bits per heavy atom. The lowest BCUT2D eigenvalue weighted by molar-refractivity contribution is 0.583. The summed E-state index contributed by atoms with van der Waals surface area (Å²) in [7, 11) is 0.129. The van der Waals surface area contributed by atoms with Crippen LogP contribution in [0.5, 0.6) is 0 Å². The summed E-state index contributed by atoms with van der Waals surface area (Å²) in [6, 6.07) is 10.6. The summed E-state index contributed by atoms with van der Waals surface area (Å²) < 4.78 is 27.9. The Bertz CT molecular complexity index is 1050. The maximum atomic E-state index is 12.6. The SMILES string of the molecule is Cc1cc(N(C)C)nc(NCCNS(=O)(=O)c2cccc3cccnc23)n1. The van der Waals surface area contributed by atoms with Crippen molar-refractivity contribution < 1.29 is 8.42 Å². The van der Waals surface area contributed by atoms with E-state index in [9.17, 15) is 8.42 Å². The maximum Gasteiger partial charge on any atom is 0.242 e. The molecule has 0 bridgehead atoms. The van der Waals surface area contributed by atoms with Crippen LogP contribution in [0.1, 0.15) is 5.69 Å². The Kier molecular flexibility index (Phi) is 5.52. The quantitative estimate of drug-likeness (QED) is 0.597. The third-order valence-corrected chi connectivity index (χ3v) is 5.38. The molecule has 0 aliphatic carbocycles. The molecule has 2 aromatic heterocycles. The minimum atomic E-state index is -3.67. The summed E-state index contributed by atoms with van der Waals surface area (Å²) in [5.41, 5.74) is 1.29. The first-order valence-electron chi connectivity index (χ1n) is 8.47. The molecular formula is C18H22N6O2S. The molecule has 2 N–H and O–H groups in total. The largest absolute Gasteiger partial charge is 0.363 e. The van der Waals surface area contributed by atoms with Crippen LogP contribution in [0.3, 0.4) is 0 Å². The Morgan fingerprint density at radius 3 is 2.63 bits per heavy atom. The number of hydrogen-bond acceptors (Lipinski definition) is 7. The molecule has 0 saturated heterocycles. The number of fused-ring (bicyclic) bond motifs is 1. The summed E-state index contributed by atoms with van der Waals surface area (Å²) in [6.07, 6.45) is 1.58. The summed E-state index contributed by atoms with van der Waals surface area (Å²) in [6.45, 7) is 2.43. The minimum Gasteiger partial charge on any atom is -0.363 e. The molecule has 27 heavy (non-hydrogen) atoms. The van der Waals surface area contributed by atoms with Crippen LogP contribution in [-0.4, -0.2) is 50.6 Å². The number of pyridine rings is 1. The molecular weight excluding hydrogens is 364 g/mol. The molecule has 0 amide bonds. The van der Waals surface area contributed by atoms with E-state index in [1.165, 1.54) is 0 Å². The average Bonchev–Trinajstić information content (AvgIpc) is 2.64. The van der Waals surface area contributed by atoms with Crippen molar-refractivity contribution in [1.82, 2.24) is 19.7 Å². The lowest BCUT2D eigenvalue weighted by Crippen LogP contribution is -2.29. The highest BCUT2D eigenvalue weighted by Gasteiger charge is 2.17. The summed E-state index contributed by atoms with van der Waals surface area (Å²) >= 11 is 0. The fraction of sp³-hybridized carbons (Fsp3) is 0.278. The van der Waals surface area contributed by atoms with Crippen molar-refractivity contribution in [2.75, 3.05) is 37.4 Å². The van der Waals surface area contributed by atoms with Gasteiger partial charge in [-0.1, -0.05) is 18.2 Å². The summed E-state index contributed by atoms with van der Waals surface area (Å²) in [5, 5.41) is 3.83. The highest BCUT2D eigenvalue weighted by molar-refractivity contribution is 7.89. The van der Waals surface area contributed by atoms with Crippen LogP contribution in [0.15, 0.2) is 47.5 Å². The Balaban J connectivity index is 1.66.